The number of carbonyl (C=O) groups is 2. The highest BCUT2D eigenvalue weighted by atomic mass is 16.4. The van der Waals surface area contributed by atoms with Gasteiger partial charge in [0.2, 0.25) is 5.91 Å². The summed E-state index contributed by atoms with van der Waals surface area (Å²) in [5, 5.41) is 26.7. The van der Waals surface area contributed by atoms with Crippen molar-refractivity contribution in [2.45, 2.75) is 58.5 Å². The molecule has 0 spiro atoms. The number of hydrogen-bond acceptors (Lipinski definition) is 4. The Morgan fingerprint density at radius 1 is 1.22 bits per heavy atom. The molecular formula is C20H27N3O4. The SMILES string of the molecule is CCCC(O)(CCC)CC(=O)Nc1cccc(-n2ncc(C(=O)O)c2C)c1. The third-order valence-electron chi connectivity index (χ3n) is 4.54. The smallest absolute Gasteiger partial charge is 0.339 e. The normalized spacial score (nSPS) is 11.4. The predicted octanol–water partition coefficient (Wildman–Crippen LogP) is 3.54. The Hall–Kier alpha value is -2.67. The van der Waals surface area contributed by atoms with E-state index in [4.69, 9.17) is 5.11 Å². The van der Waals surface area contributed by atoms with E-state index < -0.39 is 11.6 Å². The zero-order valence-corrected chi connectivity index (χ0v) is 16.0. The Bertz CT molecular complexity index is 807. The highest BCUT2D eigenvalue weighted by molar-refractivity contribution is 5.91. The number of carboxylic acid groups (broad SMARTS) is 1. The fourth-order valence-electron chi connectivity index (χ4n) is 3.33. The van der Waals surface area contributed by atoms with Gasteiger partial charge in [-0.25, -0.2) is 9.48 Å². The summed E-state index contributed by atoms with van der Waals surface area (Å²) in [6.07, 6.45) is 4.13. The Balaban J connectivity index is 2.16. The average Bonchev–Trinajstić information content (AvgIpc) is 2.97. The Kier molecular flexibility index (Phi) is 6.74. The first-order chi connectivity index (χ1) is 12.8. The Morgan fingerprint density at radius 3 is 2.44 bits per heavy atom. The zero-order chi connectivity index (χ0) is 20.0. The average molecular weight is 373 g/mol. The maximum absolute atomic E-state index is 12.4. The van der Waals surface area contributed by atoms with Gasteiger partial charge in [-0.2, -0.15) is 5.10 Å². The molecular weight excluding hydrogens is 346 g/mol. The lowest BCUT2D eigenvalue weighted by Crippen LogP contribution is -2.33. The summed E-state index contributed by atoms with van der Waals surface area (Å²) in [6, 6.07) is 7.02. The molecule has 7 nitrogen and oxygen atoms in total. The molecule has 1 heterocycles. The fourth-order valence-corrected chi connectivity index (χ4v) is 3.33. The number of carboxylic acids is 1. The van der Waals surface area contributed by atoms with Crippen molar-refractivity contribution in [1.29, 1.82) is 0 Å². The number of anilines is 1. The molecule has 0 aliphatic heterocycles. The minimum absolute atomic E-state index is 0.0445. The van der Waals surface area contributed by atoms with Gasteiger partial charge in [0.25, 0.3) is 0 Å². The maximum atomic E-state index is 12.4. The molecule has 0 saturated heterocycles. The van der Waals surface area contributed by atoms with E-state index in [0.717, 1.165) is 12.8 Å². The second-order valence-corrected chi connectivity index (χ2v) is 6.86. The summed E-state index contributed by atoms with van der Waals surface area (Å²) in [5.41, 5.74) is 0.870. The number of amides is 1. The Labute approximate surface area is 159 Å². The Morgan fingerprint density at radius 2 is 1.89 bits per heavy atom. The number of carbonyl (C=O) groups excluding carboxylic acids is 1. The number of rotatable bonds is 9. The minimum atomic E-state index is -1.03. The molecule has 1 aromatic carbocycles. The maximum Gasteiger partial charge on any atom is 0.339 e. The predicted molar refractivity (Wildman–Crippen MR) is 103 cm³/mol. The van der Waals surface area contributed by atoms with Crippen LogP contribution in [0.25, 0.3) is 5.69 Å². The molecule has 2 rings (SSSR count). The third-order valence-corrected chi connectivity index (χ3v) is 4.54. The van der Waals surface area contributed by atoms with Crippen molar-refractivity contribution in [3.8, 4) is 5.69 Å². The van der Waals surface area contributed by atoms with E-state index in [1.165, 1.54) is 10.9 Å². The van der Waals surface area contributed by atoms with E-state index in [1.54, 1.807) is 31.2 Å². The van der Waals surface area contributed by atoms with Crippen LogP contribution >= 0.6 is 0 Å². The van der Waals surface area contributed by atoms with Gasteiger partial charge < -0.3 is 15.5 Å². The van der Waals surface area contributed by atoms with Crippen molar-refractivity contribution in [3.63, 3.8) is 0 Å². The molecule has 0 unspecified atom stereocenters. The molecule has 0 fully saturated rings. The van der Waals surface area contributed by atoms with Crippen molar-refractivity contribution in [3.05, 3.63) is 41.7 Å². The standard InChI is InChI=1S/C20H27N3O4/c1-4-9-20(27,10-5-2)12-18(24)22-15-7-6-8-16(11-15)23-14(3)17(13-21-23)19(25)26/h6-8,11,13,27H,4-5,9-10,12H2,1-3H3,(H,22,24)(H,25,26). The number of nitrogens with one attached hydrogen (secondary N) is 1. The lowest BCUT2D eigenvalue weighted by molar-refractivity contribution is -0.121. The largest absolute Gasteiger partial charge is 0.478 e. The van der Waals surface area contributed by atoms with E-state index in [0.29, 0.717) is 29.9 Å². The van der Waals surface area contributed by atoms with E-state index in [1.807, 2.05) is 13.8 Å². The van der Waals surface area contributed by atoms with Gasteiger partial charge in [-0.3, -0.25) is 4.79 Å². The van der Waals surface area contributed by atoms with Gasteiger partial charge in [0.15, 0.2) is 0 Å². The zero-order valence-electron chi connectivity index (χ0n) is 16.0. The van der Waals surface area contributed by atoms with Crippen LogP contribution in [0, 0.1) is 6.92 Å². The van der Waals surface area contributed by atoms with Gasteiger partial charge in [0.1, 0.15) is 5.56 Å². The summed E-state index contributed by atoms with van der Waals surface area (Å²) in [5.74, 6) is -1.28. The highest BCUT2D eigenvalue weighted by Gasteiger charge is 2.28. The fraction of sp³-hybridized carbons (Fsp3) is 0.450. The number of aromatic nitrogens is 2. The van der Waals surface area contributed by atoms with E-state index in [2.05, 4.69) is 10.4 Å². The van der Waals surface area contributed by atoms with Crippen LogP contribution in [0.3, 0.4) is 0 Å². The first-order valence-electron chi connectivity index (χ1n) is 9.20. The second kappa shape index (κ2) is 8.81. The van der Waals surface area contributed by atoms with Gasteiger partial charge in [-0.15, -0.1) is 0 Å². The number of benzene rings is 1. The summed E-state index contributed by atoms with van der Waals surface area (Å²) in [4.78, 5) is 23.6. The molecule has 7 heteroatoms. The summed E-state index contributed by atoms with van der Waals surface area (Å²) >= 11 is 0. The minimum Gasteiger partial charge on any atom is -0.478 e. The molecule has 3 N–H and O–H groups in total. The van der Waals surface area contributed by atoms with Crippen LogP contribution in [-0.2, 0) is 4.79 Å². The molecule has 0 atom stereocenters. The van der Waals surface area contributed by atoms with Crippen LogP contribution in [0.2, 0.25) is 0 Å². The van der Waals surface area contributed by atoms with E-state index in [-0.39, 0.29) is 17.9 Å². The molecule has 0 radical (unpaired) electrons. The molecule has 0 bridgehead atoms. The van der Waals surface area contributed by atoms with Crippen molar-refractivity contribution in [2.75, 3.05) is 5.32 Å². The van der Waals surface area contributed by atoms with Crippen LogP contribution < -0.4 is 5.32 Å². The summed E-state index contributed by atoms with van der Waals surface area (Å²) in [6.45, 7) is 5.65. The quantitative estimate of drug-likeness (QED) is 0.624. The van der Waals surface area contributed by atoms with Gasteiger partial charge in [-0.05, 0) is 38.0 Å². The molecule has 0 saturated carbocycles. The van der Waals surface area contributed by atoms with Crippen LogP contribution in [0.1, 0.15) is 62.0 Å². The van der Waals surface area contributed by atoms with Crippen LogP contribution in [0.5, 0.6) is 0 Å². The molecule has 0 aliphatic carbocycles. The second-order valence-electron chi connectivity index (χ2n) is 6.86. The van der Waals surface area contributed by atoms with Crippen LogP contribution in [0.4, 0.5) is 5.69 Å². The molecule has 146 valence electrons. The van der Waals surface area contributed by atoms with Gasteiger partial charge in [0, 0.05) is 5.69 Å². The van der Waals surface area contributed by atoms with Crippen LogP contribution in [0.15, 0.2) is 30.5 Å². The van der Waals surface area contributed by atoms with E-state index >= 15 is 0 Å². The molecule has 0 aliphatic rings. The number of hydrogen-bond donors (Lipinski definition) is 3. The van der Waals surface area contributed by atoms with Gasteiger partial charge in [-0.1, -0.05) is 32.8 Å². The van der Waals surface area contributed by atoms with Crippen LogP contribution in [-0.4, -0.2) is 37.5 Å². The van der Waals surface area contributed by atoms with Gasteiger partial charge in [0.05, 0.1) is 29.6 Å². The first kappa shape index (κ1) is 20.6. The lowest BCUT2D eigenvalue weighted by Gasteiger charge is -2.26. The number of aromatic carboxylic acids is 1. The topological polar surface area (TPSA) is 104 Å². The molecule has 1 aromatic heterocycles. The summed E-state index contributed by atoms with van der Waals surface area (Å²) < 4.78 is 1.52. The number of nitrogens with zero attached hydrogens (tertiary/aromatic N) is 2. The van der Waals surface area contributed by atoms with Gasteiger partial charge >= 0.3 is 5.97 Å². The van der Waals surface area contributed by atoms with E-state index in [9.17, 15) is 14.7 Å². The monoisotopic (exact) mass is 373 g/mol. The van der Waals surface area contributed by atoms with Crippen molar-refractivity contribution >= 4 is 17.6 Å². The first-order valence-corrected chi connectivity index (χ1v) is 9.20. The van der Waals surface area contributed by atoms with Crippen molar-refractivity contribution in [2.24, 2.45) is 0 Å². The molecule has 2 aromatic rings. The summed E-state index contributed by atoms with van der Waals surface area (Å²) in [7, 11) is 0. The highest BCUT2D eigenvalue weighted by Crippen LogP contribution is 2.25. The molecule has 27 heavy (non-hydrogen) atoms. The third kappa shape index (κ3) is 5.17. The van der Waals surface area contributed by atoms with Crippen molar-refractivity contribution in [1.82, 2.24) is 9.78 Å². The lowest BCUT2D eigenvalue weighted by atomic mass is 9.89. The molecule has 1 amide bonds. The van der Waals surface area contributed by atoms with Crippen molar-refractivity contribution < 1.29 is 19.8 Å². The number of aliphatic hydroxyl groups is 1.